The number of nitrogens with one attached hydrogen (secondary N) is 1. The Bertz CT molecular complexity index is 1060. The van der Waals surface area contributed by atoms with Crippen LogP contribution in [0.25, 0.3) is 11.0 Å². The van der Waals surface area contributed by atoms with Crippen LogP contribution in [0.2, 0.25) is 0 Å². The molecule has 26 heavy (non-hydrogen) atoms. The highest BCUT2D eigenvalue weighted by Crippen LogP contribution is 2.17. The number of fused-ring (bicyclic) bond motifs is 1. The minimum absolute atomic E-state index is 0.128. The second-order valence-electron chi connectivity index (χ2n) is 6.63. The Morgan fingerprint density at radius 3 is 2.46 bits per heavy atom. The maximum absolute atomic E-state index is 12.5. The number of nitro benzene ring substituents is 1. The lowest BCUT2D eigenvalue weighted by Crippen LogP contribution is -2.33. The Hall–Kier alpha value is -3.56. The topological polar surface area (TPSA) is 125 Å². The van der Waals surface area contributed by atoms with E-state index in [0.29, 0.717) is 5.65 Å². The number of hydrogen-bond donors (Lipinski definition) is 1. The summed E-state index contributed by atoms with van der Waals surface area (Å²) in [7, 11) is 0. The molecule has 1 N–H and O–H groups in total. The van der Waals surface area contributed by atoms with Crippen LogP contribution in [0.3, 0.4) is 0 Å². The second kappa shape index (κ2) is 6.06. The van der Waals surface area contributed by atoms with E-state index in [0.717, 1.165) is 4.68 Å². The molecule has 0 spiro atoms. The first-order valence-corrected chi connectivity index (χ1v) is 7.70. The predicted octanol–water partition coefficient (Wildman–Crippen LogP) is 1.64. The normalized spacial score (nSPS) is 11.5. The molecule has 0 saturated heterocycles. The van der Waals surface area contributed by atoms with Crippen molar-refractivity contribution in [1.82, 2.24) is 19.4 Å². The van der Waals surface area contributed by atoms with Crippen molar-refractivity contribution in [2.24, 2.45) is 0 Å². The van der Waals surface area contributed by atoms with Gasteiger partial charge in [0.05, 0.1) is 16.7 Å². The van der Waals surface area contributed by atoms with Gasteiger partial charge in [0.1, 0.15) is 11.7 Å². The molecule has 10 heteroatoms. The Balaban J connectivity index is 1.91. The summed E-state index contributed by atoms with van der Waals surface area (Å²) in [6.45, 7) is 5.80. The van der Waals surface area contributed by atoms with Gasteiger partial charge < -0.3 is 0 Å². The van der Waals surface area contributed by atoms with Crippen LogP contribution in [0.4, 0.5) is 5.69 Å². The van der Waals surface area contributed by atoms with Crippen molar-refractivity contribution in [1.29, 1.82) is 0 Å². The van der Waals surface area contributed by atoms with Crippen LogP contribution in [0.15, 0.2) is 41.6 Å². The molecule has 0 unspecified atom stereocenters. The van der Waals surface area contributed by atoms with E-state index in [1.54, 1.807) is 4.68 Å². The highest BCUT2D eigenvalue weighted by molar-refractivity contribution is 6.00. The SMILES string of the molecule is CC(C)(C)n1ncc2c(=O)n(NC(=O)c3ccc([N+](=O)[O-])cc3)cnc21. The predicted molar refractivity (Wildman–Crippen MR) is 93.6 cm³/mol. The standard InChI is InChI=1S/C16H16N6O4/c1-16(2,3)21-13-12(8-18-21)15(24)20(9-17-13)19-14(23)10-4-6-11(7-5-10)22(25)26/h4-9H,1-3H3,(H,19,23). The summed E-state index contributed by atoms with van der Waals surface area (Å²) in [5, 5.41) is 15.1. The molecule has 2 heterocycles. The number of carbonyl (C=O) groups excluding carboxylic acids is 1. The molecule has 0 bridgehead atoms. The largest absolute Gasteiger partial charge is 0.283 e. The van der Waals surface area contributed by atoms with E-state index in [9.17, 15) is 19.7 Å². The average Bonchev–Trinajstić information content (AvgIpc) is 3.02. The number of non-ortho nitro benzene ring substituents is 1. The Morgan fingerprint density at radius 2 is 1.88 bits per heavy atom. The molecular weight excluding hydrogens is 340 g/mol. The minimum Gasteiger partial charge on any atom is -0.267 e. The molecular formula is C16H16N6O4. The maximum atomic E-state index is 12.5. The molecule has 0 aliphatic heterocycles. The molecule has 0 fully saturated rings. The number of nitrogens with zero attached hydrogens (tertiary/aromatic N) is 5. The Morgan fingerprint density at radius 1 is 1.23 bits per heavy atom. The molecule has 0 saturated carbocycles. The van der Waals surface area contributed by atoms with E-state index in [4.69, 9.17) is 0 Å². The van der Waals surface area contributed by atoms with Gasteiger partial charge in [-0.15, -0.1) is 0 Å². The number of rotatable bonds is 3. The summed E-state index contributed by atoms with van der Waals surface area (Å²) in [5.41, 5.74) is 2.05. The molecule has 3 rings (SSSR count). The van der Waals surface area contributed by atoms with Crippen molar-refractivity contribution in [2.75, 3.05) is 5.43 Å². The molecule has 1 amide bonds. The van der Waals surface area contributed by atoms with Crippen molar-refractivity contribution in [3.63, 3.8) is 0 Å². The van der Waals surface area contributed by atoms with Gasteiger partial charge >= 0.3 is 0 Å². The van der Waals surface area contributed by atoms with Gasteiger partial charge in [0, 0.05) is 17.7 Å². The average molecular weight is 356 g/mol. The lowest BCUT2D eigenvalue weighted by molar-refractivity contribution is -0.384. The first-order chi connectivity index (χ1) is 12.2. The fourth-order valence-corrected chi connectivity index (χ4v) is 2.39. The zero-order valence-corrected chi connectivity index (χ0v) is 14.3. The second-order valence-corrected chi connectivity index (χ2v) is 6.63. The van der Waals surface area contributed by atoms with Crippen molar-refractivity contribution >= 4 is 22.6 Å². The van der Waals surface area contributed by atoms with Gasteiger partial charge in [-0.25, -0.2) is 14.3 Å². The number of amides is 1. The van der Waals surface area contributed by atoms with Gasteiger partial charge in [-0.3, -0.25) is 25.1 Å². The summed E-state index contributed by atoms with van der Waals surface area (Å²) in [5.74, 6) is -0.591. The number of aromatic nitrogens is 4. The maximum Gasteiger partial charge on any atom is 0.283 e. The van der Waals surface area contributed by atoms with Gasteiger partial charge in [-0.1, -0.05) is 0 Å². The molecule has 10 nitrogen and oxygen atoms in total. The third-order valence-electron chi connectivity index (χ3n) is 3.69. The smallest absolute Gasteiger partial charge is 0.267 e. The van der Waals surface area contributed by atoms with Crippen LogP contribution in [0.1, 0.15) is 31.1 Å². The van der Waals surface area contributed by atoms with Crippen molar-refractivity contribution in [3.8, 4) is 0 Å². The summed E-state index contributed by atoms with van der Waals surface area (Å²) in [4.78, 5) is 39.1. The van der Waals surface area contributed by atoms with Crippen LogP contribution in [0, 0.1) is 10.1 Å². The summed E-state index contributed by atoms with van der Waals surface area (Å²) in [6, 6.07) is 5.04. The fraction of sp³-hybridized carbons (Fsp3) is 0.250. The van der Waals surface area contributed by atoms with Gasteiger partial charge in [-0.05, 0) is 32.9 Å². The van der Waals surface area contributed by atoms with E-state index in [2.05, 4.69) is 15.5 Å². The fourth-order valence-electron chi connectivity index (χ4n) is 2.39. The third-order valence-corrected chi connectivity index (χ3v) is 3.69. The van der Waals surface area contributed by atoms with Crippen LogP contribution in [-0.2, 0) is 5.54 Å². The lowest BCUT2D eigenvalue weighted by Gasteiger charge is -2.19. The molecule has 0 radical (unpaired) electrons. The quantitative estimate of drug-likeness (QED) is 0.562. The lowest BCUT2D eigenvalue weighted by atomic mass is 10.1. The van der Waals surface area contributed by atoms with Crippen LogP contribution in [0.5, 0.6) is 0 Å². The Labute approximate surface area is 147 Å². The van der Waals surface area contributed by atoms with E-state index in [1.165, 1.54) is 36.8 Å². The number of carbonyl (C=O) groups is 1. The monoisotopic (exact) mass is 356 g/mol. The molecule has 134 valence electrons. The zero-order valence-electron chi connectivity index (χ0n) is 14.3. The van der Waals surface area contributed by atoms with E-state index in [1.807, 2.05) is 20.8 Å². The van der Waals surface area contributed by atoms with Crippen molar-refractivity contribution in [2.45, 2.75) is 26.3 Å². The van der Waals surface area contributed by atoms with E-state index in [-0.39, 0.29) is 22.2 Å². The van der Waals surface area contributed by atoms with Crippen LogP contribution in [-0.4, -0.2) is 30.3 Å². The highest BCUT2D eigenvalue weighted by Gasteiger charge is 2.20. The molecule has 0 atom stereocenters. The molecule has 2 aromatic heterocycles. The van der Waals surface area contributed by atoms with Gasteiger partial charge in [0.2, 0.25) is 0 Å². The molecule has 1 aromatic carbocycles. The van der Waals surface area contributed by atoms with E-state index >= 15 is 0 Å². The third kappa shape index (κ3) is 3.04. The van der Waals surface area contributed by atoms with Crippen molar-refractivity contribution in [3.05, 3.63) is 62.8 Å². The van der Waals surface area contributed by atoms with Crippen LogP contribution < -0.4 is 11.0 Å². The number of hydrogen-bond acceptors (Lipinski definition) is 6. The van der Waals surface area contributed by atoms with Gasteiger partial charge in [-0.2, -0.15) is 5.10 Å². The number of benzene rings is 1. The van der Waals surface area contributed by atoms with Crippen LogP contribution >= 0.6 is 0 Å². The Kier molecular flexibility index (Phi) is 4.03. The first-order valence-electron chi connectivity index (χ1n) is 7.70. The first kappa shape index (κ1) is 17.3. The summed E-state index contributed by atoms with van der Waals surface area (Å²) in [6.07, 6.45) is 2.61. The minimum atomic E-state index is -0.591. The summed E-state index contributed by atoms with van der Waals surface area (Å²) < 4.78 is 2.59. The van der Waals surface area contributed by atoms with Gasteiger partial charge in [0.15, 0.2) is 5.65 Å². The van der Waals surface area contributed by atoms with E-state index < -0.39 is 16.4 Å². The number of nitro groups is 1. The zero-order chi connectivity index (χ0) is 19.1. The molecule has 0 aliphatic rings. The summed E-state index contributed by atoms with van der Waals surface area (Å²) >= 11 is 0. The van der Waals surface area contributed by atoms with Crippen molar-refractivity contribution < 1.29 is 9.72 Å². The molecule has 0 aliphatic carbocycles. The highest BCUT2D eigenvalue weighted by atomic mass is 16.6. The van der Waals surface area contributed by atoms with Gasteiger partial charge in [0.25, 0.3) is 17.2 Å². The molecule has 3 aromatic rings.